The van der Waals surface area contributed by atoms with Crippen LogP contribution in [0.25, 0.3) is 5.57 Å². The van der Waals surface area contributed by atoms with Crippen molar-refractivity contribution < 1.29 is 19.5 Å². The van der Waals surface area contributed by atoms with Gasteiger partial charge >= 0.3 is 0 Å². The minimum atomic E-state index is -1.42. The quantitative estimate of drug-likeness (QED) is 0.486. The molecule has 2 aliphatic rings. The first-order valence-electron chi connectivity index (χ1n) is 8.50. The monoisotopic (exact) mass is 487 g/mol. The zero-order valence-electron chi connectivity index (χ0n) is 14.8. The Hall–Kier alpha value is -2.49. The van der Waals surface area contributed by atoms with E-state index in [2.05, 4.69) is 15.9 Å². The molecule has 0 N–H and O–H groups in total. The molecule has 0 unspecified atom stereocenters. The molecule has 0 bridgehead atoms. The Morgan fingerprint density at radius 2 is 1.79 bits per heavy atom. The fourth-order valence-electron chi connectivity index (χ4n) is 3.26. The number of carbonyl (C=O) groups is 3. The SMILES string of the molecule is O=C([O-])CN1C(=O)/C(=C2/C(=O)N(Cc3ccccc3)c3ccc(Br)cc32)SC1=S. The topological polar surface area (TPSA) is 80.7 Å². The van der Waals surface area contributed by atoms with Gasteiger partial charge in [-0.15, -0.1) is 0 Å². The van der Waals surface area contributed by atoms with Crippen LogP contribution < -0.4 is 10.0 Å². The van der Waals surface area contributed by atoms with Crippen molar-refractivity contribution in [2.45, 2.75) is 6.54 Å². The molecule has 0 aromatic heterocycles. The van der Waals surface area contributed by atoms with E-state index in [1.165, 1.54) is 0 Å². The van der Waals surface area contributed by atoms with Gasteiger partial charge in [-0.05, 0) is 23.8 Å². The highest BCUT2D eigenvalue weighted by atomic mass is 79.9. The third-order valence-electron chi connectivity index (χ3n) is 4.52. The first-order chi connectivity index (χ1) is 13.9. The molecule has 0 atom stereocenters. The summed E-state index contributed by atoms with van der Waals surface area (Å²) in [6, 6.07) is 14.9. The molecule has 146 valence electrons. The summed E-state index contributed by atoms with van der Waals surface area (Å²) in [5.74, 6) is -2.34. The molecule has 0 aliphatic carbocycles. The number of hydrogen-bond acceptors (Lipinski definition) is 6. The summed E-state index contributed by atoms with van der Waals surface area (Å²) in [5, 5.41) is 11.0. The summed E-state index contributed by atoms with van der Waals surface area (Å²) in [4.78, 5) is 39.8. The lowest BCUT2D eigenvalue weighted by Crippen LogP contribution is -2.40. The number of halogens is 1. The van der Waals surface area contributed by atoms with E-state index >= 15 is 0 Å². The number of nitrogens with zero attached hydrogens (tertiary/aromatic N) is 2. The van der Waals surface area contributed by atoms with Crippen molar-refractivity contribution in [1.82, 2.24) is 4.90 Å². The van der Waals surface area contributed by atoms with Gasteiger partial charge in [0.25, 0.3) is 11.8 Å². The van der Waals surface area contributed by atoms with Crippen LogP contribution in [0.4, 0.5) is 5.69 Å². The minimum Gasteiger partial charge on any atom is -0.548 e. The Morgan fingerprint density at radius 1 is 1.07 bits per heavy atom. The van der Waals surface area contributed by atoms with Crippen molar-refractivity contribution in [3.8, 4) is 0 Å². The summed E-state index contributed by atoms with van der Waals surface area (Å²) in [6.45, 7) is -0.300. The first-order valence-corrected chi connectivity index (χ1v) is 10.5. The highest BCUT2D eigenvalue weighted by Crippen LogP contribution is 2.45. The molecular formula is C20H12BrN2O4S2-. The number of amides is 2. The van der Waals surface area contributed by atoms with Gasteiger partial charge in [0.1, 0.15) is 4.32 Å². The number of anilines is 1. The normalized spacial score (nSPS) is 18.6. The molecule has 0 radical (unpaired) electrons. The Kier molecular flexibility index (Phi) is 5.28. The van der Waals surface area contributed by atoms with Crippen molar-refractivity contribution in [2.24, 2.45) is 0 Å². The number of hydrogen-bond donors (Lipinski definition) is 0. The van der Waals surface area contributed by atoms with Gasteiger partial charge in [-0.2, -0.15) is 0 Å². The molecule has 1 fully saturated rings. The van der Waals surface area contributed by atoms with Crippen molar-refractivity contribution in [2.75, 3.05) is 11.4 Å². The van der Waals surface area contributed by atoms with Crippen molar-refractivity contribution in [1.29, 1.82) is 0 Å². The summed E-state index contributed by atoms with van der Waals surface area (Å²) >= 11 is 9.50. The van der Waals surface area contributed by atoms with Gasteiger partial charge in [-0.1, -0.05) is 70.2 Å². The van der Waals surface area contributed by atoms with Crippen LogP contribution in [0.3, 0.4) is 0 Å². The predicted octanol–water partition coefficient (Wildman–Crippen LogP) is 2.32. The van der Waals surface area contributed by atoms with Gasteiger partial charge in [0, 0.05) is 10.0 Å². The Bertz CT molecular complexity index is 1100. The van der Waals surface area contributed by atoms with E-state index in [9.17, 15) is 19.5 Å². The van der Waals surface area contributed by atoms with Crippen LogP contribution in [0, 0.1) is 0 Å². The fraction of sp³-hybridized carbons (Fsp3) is 0.100. The number of rotatable bonds is 4. The van der Waals surface area contributed by atoms with Crippen LogP contribution in [-0.2, 0) is 20.9 Å². The molecule has 0 spiro atoms. The van der Waals surface area contributed by atoms with E-state index in [-0.39, 0.29) is 20.7 Å². The van der Waals surface area contributed by atoms with E-state index < -0.39 is 18.4 Å². The number of fused-ring (bicyclic) bond motifs is 1. The first kappa shape index (κ1) is 19.8. The Balaban J connectivity index is 1.81. The minimum absolute atomic E-state index is 0.0903. The highest BCUT2D eigenvalue weighted by Gasteiger charge is 2.42. The largest absolute Gasteiger partial charge is 0.548 e. The summed E-state index contributed by atoms with van der Waals surface area (Å²) in [7, 11) is 0. The molecule has 0 saturated carbocycles. The summed E-state index contributed by atoms with van der Waals surface area (Å²) in [6.07, 6.45) is 0. The summed E-state index contributed by atoms with van der Waals surface area (Å²) < 4.78 is 0.848. The zero-order chi connectivity index (χ0) is 20.7. The van der Waals surface area contributed by atoms with Gasteiger partial charge in [0.15, 0.2) is 0 Å². The molecule has 29 heavy (non-hydrogen) atoms. The number of carboxylic acids is 1. The van der Waals surface area contributed by atoms with Crippen LogP contribution in [0.1, 0.15) is 11.1 Å². The maximum absolute atomic E-state index is 13.3. The van der Waals surface area contributed by atoms with Gasteiger partial charge in [0.2, 0.25) is 0 Å². The maximum Gasteiger partial charge on any atom is 0.267 e. The molecule has 9 heteroatoms. The average Bonchev–Trinajstić information content (AvgIpc) is 3.10. The second kappa shape index (κ2) is 7.74. The average molecular weight is 488 g/mol. The molecule has 2 amide bonds. The number of thioether (sulfide) groups is 1. The van der Waals surface area contributed by atoms with Gasteiger partial charge < -0.3 is 14.8 Å². The lowest BCUT2D eigenvalue weighted by molar-refractivity contribution is -0.305. The molecule has 2 aromatic rings. The molecule has 6 nitrogen and oxygen atoms in total. The smallest absolute Gasteiger partial charge is 0.267 e. The van der Waals surface area contributed by atoms with Crippen LogP contribution in [0.15, 0.2) is 57.9 Å². The van der Waals surface area contributed by atoms with Crippen LogP contribution in [0.5, 0.6) is 0 Å². The molecule has 4 rings (SSSR count). The molecule has 2 aromatic carbocycles. The number of carbonyl (C=O) groups excluding carboxylic acids is 3. The number of aliphatic carboxylic acids is 1. The number of carboxylic acid groups (broad SMARTS) is 1. The van der Waals surface area contributed by atoms with Gasteiger partial charge in [0.05, 0.1) is 35.2 Å². The van der Waals surface area contributed by atoms with E-state index in [1.54, 1.807) is 11.0 Å². The predicted molar refractivity (Wildman–Crippen MR) is 116 cm³/mol. The highest BCUT2D eigenvalue weighted by molar-refractivity contribution is 9.10. The third-order valence-corrected chi connectivity index (χ3v) is 6.47. The zero-order valence-corrected chi connectivity index (χ0v) is 18.0. The van der Waals surface area contributed by atoms with E-state index in [4.69, 9.17) is 12.2 Å². The van der Waals surface area contributed by atoms with E-state index in [1.807, 2.05) is 42.5 Å². The standard InChI is InChI=1S/C20H13BrN2O4S2/c21-12-6-7-14-13(8-12)16(17-19(27)23(10-15(24)25)20(28)29-17)18(26)22(14)9-11-4-2-1-3-5-11/h1-8H,9-10H2,(H,24,25)/p-1/b17-16-. The Morgan fingerprint density at radius 3 is 2.48 bits per heavy atom. The summed E-state index contributed by atoms with van der Waals surface area (Å²) in [5.41, 5.74) is 2.47. The number of benzene rings is 2. The van der Waals surface area contributed by atoms with Crippen molar-refractivity contribution in [3.63, 3.8) is 0 Å². The fourth-order valence-corrected chi connectivity index (χ4v) is 4.95. The van der Waals surface area contributed by atoms with Crippen molar-refractivity contribution >= 4 is 73.3 Å². The number of thiocarbonyl (C=S) groups is 1. The molecule has 2 heterocycles. The maximum atomic E-state index is 13.3. The van der Waals surface area contributed by atoms with Crippen LogP contribution in [0.2, 0.25) is 0 Å². The molecule has 2 aliphatic heterocycles. The third kappa shape index (κ3) is 3.61. The second-order valence-electron chi connectivity index (χ2n) is 6.37. The van der Waals surface area contributed by atoms with E-state index in [0.29, 0.717) is 17.8 Å². The van der Waals surface area contributed by atoms with Gasteiger partial charge in [-0.25, -0.2) is 0 Å². The van der Waals surface area contributed by atoms with E-state index in [0.717, 1.165) is 26.7 Å². The van der Waals surface area contributed by atoms with Crippen molar-refractivity contribution in [3.05, 3.63) is 69.0 Å². The Labute approximate surface area is 184 Å². The molecular weight excluding hydrogens is 476 g/mol. The molecule has 1 saturated heterocycles. The van der Waals surface area contributed by atoms with Gasteiger partial charge in [-0.3, -0.25) is 14.5 Å². The van der Waals surface area contributed by atoms with Crippen LogP contribution in [-0.4, -0.2) is 33.5 Å². The lowest BCUT2D eigenvalue weighted by Gasteiger charge is -2.17. The second-order valence-corrected chi connectivity index (χ2v) is 8.93. The lowest BCUT2D eigenvalue weighted by atomic mass is 10.1. The van der Waals surface area contributed by atoms with Crippen LogP contribution >= 0.6 is 39.9 Å².